The molecule has 0 aromatic rings. The van der Waals surface area contributed by atoms with Crippen LogP contribution in [-0.4, -0.2) is 27.6 Å². The maximum absolute atomic E-state index is 11.1. The molecule has 0 atom stereocenters. The molecule has 3 aliphatic rings. The molecule has 2 heterocycles. The zero-order valence-electron chi connectivity index (χ0n) is 5.21. The SMILES string of the molecule is O=CN1C(=O)C2(Br)CC1C2. The predicted molar refractivity (Wildman–Crippen MR) is 37.6 cm³/mol. The summed E-state index contributed by atoms with van der Waals surface area (Å²) >= 11 is 3.30. The van der Waals surface area contributed by atoms with Crippen LogP contribution in [0.3, 0.4) is 0 Å². The molecule has 0 unspecified atom stereocenters. The number of imide groups is 1. The molecule has 0 N–H and O–H groups in total. The number of rotatable bonds is 1. The average molecular weight is 204 g/mol. The number of hydrogen-bond acceptors (Lipinski definition) is 2. The Hall–Kier alpha value is -0.380. The van der Waals surface area contributed by atoms with Crippen molar-refractivity contribution in [2.45, 2.75) is 23.2 Å². The van der Waals surface area contributed by atoms with E-state index < -0.39 is 0 Å². The Labute approximate surface area is 66.5 Å². The molecule has 10 heavy (non-hydrogen) atoms. The van der Waals surface area contributed by atoms with Gasteiger partial charge in [0.1, 0.15) is 4.32 Å². The van der Waals surface area contributed by atoms with E-state index in [-0.39, 0.29) is 16.3 Å². The zero-order valence-corrected chi connectivity index (χ0v) is 6.80. The van der Waals surface area contributed by atoms with Gasteiger partial charge in [-0.1, -0.05) is 15.9 Å². The standard InChI is InChI=1S/C6H6BrNO2/c7-6-1-4(2-6)8(3-9)5(6)10/h3-4H,1-2H2. The molecule has 0 radical (unpaired) electrons. The second-order valence-electron chi connectivity index (χ2n) is 2.85. The van der Waals surface area contributed by atoms with E-state index in [1.54, 1.807) is 0 Å². The Balaban J connectivity index is 2.31. The molecule has 2 bridgehead atoms. The van der Waals surface area contributed by atoms with Gasteiger partial charge in [-0.2, -0.15) is 0 Å². The lowest BCUT2D eigenvalue weighted by Crippen LogP contribution is -2.35. The van der Waals surface area contributed by atoms with Crippen molar-refractivity contribution >= 4 is 28.2 Å². The van der Waals surface area contributed by atoms with Crippen molar-refractivity contribution in [1.82, 2.24) is 4.90 Å². The van der Waals surface area contributed by atoms with Crippen LogP contribution >= 0.6 is 15.9 Å². The van der Waals surface area contributed by atoms with Crippen molar-refractivity contribution in [3.63, 3.8) is 0 Å². The number of alkyl halides is 1. The maximum Gasteiger partial charge on any atom is 0.246 e. The van der Waals surface area contributed by atoms with Gasteiger partial charge < -0.3 is 0 Å². The van der Waals surface area contributed by atoms with Gasteiger partial charge in [-0.3, -0.25) is 14.5 Å². The number of nitrogens with zero attached hydrogens (tertiary/aromatic N) is 1. The molecule has 3 nitrogen and oxygen atoms in total. The van der Waals surface area contributed by atoms with Gasteiger partial charge in [-0.15, -0.1) is 0 Å². The third kappa shape index (κ3) is 0.509. The highest BCUT2D eigenvalue weighted by atomic mass is 79.9. The highest BCUT2D eigenvalue weighted by Crippen LogP contribution is 2.50. The number of hydrogen-bond donors (Lipinski definition) is 0. The Morgan fingerprint density at radius 3 is 2.50 bits per heavy atom. The minimum atomic E-state index is -0.363. The molecule has 0 spiro atoms. The zero-order chi connectivity index (χ0) is 7.35. The first-order valence-corrected chi connectivity index (χ1v) is 3.94. The summed E-state index contributed by atoms with van der Waals surface area (Å²) in [6, 6.07) is 0.185. The first-order chi connectivity index (χ1) is 4.67. The Kier molecular flexibility index (Phi) is 1.02. The molecule has 3 fully saturated rings. The van der Waals surface area contributed by atoms with E-state index in [2.05, 4.69) is 15.9 Å². The van der Waals surface area contributed by atoms with Crippen molar-refractivity contribution < 1.29 is 9.59 Å². The maximum atomic E-state index is 11.1. The molecule has 0 aromatic carbocycles. The van der Waals surface area contributed by atoms with Gasteiger partial charge in [0.15, 0.2) is 0 Å². The summed E-state index contributed by atoms with van der Waals surface area (Å²) in [5.74, 6) is -0.0625. The second kappa shape index (κ2) is 1.61. The van der Waals surface area contributed by atoms with Crippen LogP contribution in [0.25, 0.3) is 0 Å². The molecule has 2 aliphatic heterocycles. The molecular formula is C6H6BrNO2. The van der Waals surface area contributed by atoms with E-state index in [0.29, 0.717) is 6.41 Å². The highest BCUT2D eigenvalue weighted by Gasteiger charge is 2.60. The molecule has 0 aromatic heterocycles. The summed E-state index contributed by atoms with van der Waals surface area (Å²) < 4.78 is -0.363. The number of carbonyl (C=O) groups is 2. The summed E-state index contributed by atoms with van der Waals surface area (Å²) in [6.45, 7) is 0. The second-order valence-corrected chi connectivity index (χ2v) is 4.36. The lowest BCUT2D eigenvalue weighted by atomic mass is 9.86. The van der Waals surface area contributed by atoms with E-state index in [4.69, 9.17) is 0 Å². The summed E-state index contributed by atoms with van der Waals surface area (Å²) in [4.78, 5) is 22.7. The average Bonchev–Trinajstić information content (AvgIpc) is 2.17. The minimum absolute atomic E-state index is 0.0625. The lowest BCUT2D eigenvalue weighted by Gasteiger charge is -2.28. The third-order valence-electron chi connectivity index (χ3n) is 2.24. The number of halogens is 1. The van der Waals surface area contributed by atoms with Crippen LogP contribution < -0.4 is 0 Å². The van der Waals surface area contributed by atoms with Crippen LogP contribution in [0.4, 0.5) is 0 Å². The Bertz CT molecular complexity index is 210. The summed E-state index contributed by atoms with van der Waals surface area (Å²) in [5.41, 5.74) is 0. The first-order valence-electron chi connectivity index (χ1n) is 3.14. The van der Waals surface area contributed by atoms with Crippen LogP contribution in [0.1, 0.15) is 12.8 Å². The predicted octanol–water partition coefficient (Wildman–Crippen LogP) is 0.281. The van der Waals surface area contributed by atoms with Gasteiger partial charge in [0.25, 0.3) is 0 Å². The Morgan fingerprint density at radius 2 is 2.30 bits per heavy atom. The summed E-state index contributed by atoms with van der Waals surface area (Å²) in [6.07, 6.45) is 2.22. The molecule has 4 heteroatoms. The van der Waals surface area contributed by atoms with Gasteiger partial charge in [0.05, 0.1) is 0 Å². The molecule has 1 aliphatic carbocycles. The molecule has 2 saturated heterocycles. The van der Waals surface area contributed by atoms with E-state index >= 15 is 0 Å². The molecule has 2 amide bonds. The van der Waals surface area contributed by atoms with Gasteiger partial charge in [-0.05, 0) is 12.8 Å². The molecule has 1 saturated carbocycles. The summed E-state index contributed by atoms with van der Waals surface area (Å²) in [7, 11) is 0. The monoisotopic (exact) mass is 203 g/mol. The van der Waals surface area contributed by atoms with Crippen LogP contribution in [0.5, 0.6) is 0 Å². The van der Waals surface area contributed by atoms with Gasteiger partial charge in [0.2, 0.25) is 12.3 Å². The van der Waals surface area contributed by atoms with E-state index in [1.807, 2.05) is 0 Å². The summed E-state index contributed by atoms with van der Waals surface area (Å²) in [5, 5.41) is 0. The van der Waals surface area contributed by atoms with Crippen molar-refractivity contribution in [2.24, 2.45) is 0 Å². The van der Waals surface area contributed by atoms with E-state index in [9.17, 15) is 9.59 Å². The number of amides is 2. The van der Waals surface area contributed by atoms with Crippen molar-refractivity contribution in [3.8, 4) is 0 Å². The largest absolute Gasteiger partial charge is 0.281 e. The fraction of sp³-hybridized carbons (Fsp3) is 0.667. The molecular weight excluding hydrogens is 198 g/mol. The molecule has 3 rings (SSSR count). The van der Waals surface area contributed by atoms with Gasteiger partial charge in [-0.25, -0.2) is 0 Å². The third-order valence-corrected chi connectivity index (χ3v) is 3.23. The number of carbonyl (C=O) groups excluding carboxylic acids is 2. The van der Waals surface area contributed by atoms with Gasteiger partial charge >= 0.3 is 0 Å². The quantitative estimate of drug-likeness (QED) is 0.454. The van der Waals surface area contributed by atoms with E-state index in [0.717, 1.165) is 12.8 Å². The number of fused-ring (bicyclic) bond motifs is 1. The van der Waals surface area contributed by atoms with Crippen LogP contribution in [0.2, 0.25) is 0 Å². The van der Waals surface area contributed by atoms with Crippen LogP contribution in [0, 0.1) is 0 Å². The Morgan fingerprint density at radius 1 is 1.70 bits per heavy atom. The fourth-order valence-corrected chi connectivity index (χ4v) is 2.54. The molecule has 54 valence electrons. The van der Waals surface area contributed by atoms with Crippen LogP contribution in [-0.2, 0) is 9.59 Å². The van der Waals surface area contributed by atoms with Crippen molar-refractivity contribution in [2.75, 3.05) is 0 Å². The van der Waals surface area contributed by atoms with Crippen molar-refractivity contribution in [1.29, 1.82) is 0 Å². The van der Waals surface area contributed by atoms with Gasteiger partial charge in [0, 0.05) is 6.04 Å². The van der Waals surface area contributed by atoms with Crippen LogP contribution in [0.15, 0.2) is 0 Å². The lowest BCUT2D eigenvalue weighted by molar-refractivity contribution is -0.134. The normalized spacial score (nSPS) is 43.5. The fourth-order valence-electron chi connectivity index (χ4n) is 1.59. The topological polar surface area (TPSA) is 37.4 Å². The first kappa shape index (κ1) is 6.34. The minimum Gasteiger partial charge on any atom is -0.281 e. The van der Waals surface area contributed by atoms with Crippen molar-refractivity contribution in [3.05, 3.63) is 0 Å². The van der Waals surface area contributed by atoms with E-state index in [1.165, 1.54) is 4.90 Å². The highest BCUT2D eigenvalue weighted by molar-refractivity contribution is 9.10. The smallest absolute Gasteiger partial charge is 0.246 e.